The molecule has 7 heteroatoms. The van der Waals surface area contributed by atoms with Gasteiger partial charge in [-0.1, -0.05) is 12.1 Å². The Morgan fingerprint density at radius 1 is 1.54 bits per heavy atom. The van der Waals surface area contributed by atoms with E-state index in [4.69, 9.17) is 4.74 Å². The van der Waals surface area contributed by atoms with E-state index in [-0.39, 0.29) is 17.6 Å². The second kappa shape index (κ2) is 6.49. The Labute approximate surface area is 154 Å². The summed E-state index contributed by atoms with van der Waals surface area (Å²) < 4.78 is 7.41. The molecule has 0 spiro atoms. The van der Waals surface area contributed by atoms with Crippen molar-refractivity contribution in [3.8, 4) is 11.5 Å². The highest BCUT2D eigenvalue weighted by Gasteiger charge is 2.30. The lowest BCUT2D eigenvalue weighted by molar-refractivity contribution is -0.121. The number of aromatic hydroxyl groups is 1. The summed E-state index contributed by atoms with van der Waals surface area (Å²) in [6, 6.07) is 3.74. The summed E-state index contributed by atoms with van der Waals surface area (Å²) in [5, 5.41) is 15.3. The van der Waals surface area contributed by atoms with Gasteiger partial charge in [0.05, 0.1) is 25.0 Å². The van der Waals surface area contributed by atoms with Gasteiger partial charge in [-0.25, -0.2) is 4.98 Å². The largest absolute Gasteiger partial charge is 0.504 e. The smallest absolute Gasteiger partial charge is 0.221 e. The molecule has 0 saturated heterocycles. The lowest BCUT2D eigenvalue weighted by atomic mass is 9.89. The molecule has 2 aromatic heterocycles. The van der Waals surface area contributed by atoms with Gasteiger partial charge >= 0.3 is 0 Å². The molecule has 0 saturated carbocycles. The summed E-state index contributed by atoms with van der Waals surface area (Å²) >= 11 is 1.57. The number of fused-ring (bicyclic) bond motifs is 3. The van der Waals surface area contributed by atoms with Crippen molar-refractivity contribution >= 4 is 22.2 Å². The second-order valence-electron chi connectivity index (χ2n) is 6.26. The zero-order valence-corrected chi connectivity index (χ0v) is 15.2. The van der Waals surface area contributed by atoms with Crippen LogP contribution in [0.4, 0.5) is 0 Å². The van der Waals surface area contributed by atoms with Gasteiger partial charge in [0.15, 0.2) is 16.5 Å². The molecule has 4 rings (SSSR count). The van der Waals surface area contributed by atoms with Gasteiger partial charge in [-0.05, 0) is 18.1 Å². The summed E-state index contributed by atoms with van der Waals surface area (Å²) in [6.07, 6.45) is 4.55. The Bertz CT molecular complexity index is 1010. The van der Waals surface area contributed by atoms with E-state index in [9.17, 15) is 9.90 Å². The first-order chi connectivity index (χ1) is 12.6. The number of hydrogen-bond acceptors (Lipinski definition) is 5. The van der Waals surface area contributed by atoms with Crippen LogP contribution in [-0.4, -0.2) is 27.5 Å². The summed E-state index contributed by atoms with van der Waals surface area (Å²) in [5.74, 6) is 0.324. The van der Waals surface area contributed by atoms with Gasteiger partial charge < -0.3 is 15.2 Å². The molecule has 2 N–H and O–H groups in total. The summed E-state index contributed by atoms with van der Waals surface area (Å²) in [4.78, 5) is 17.9. The molecular weight excluding hydrogens is 350 g/mol. The molecule has 0 bridgehead atoms. The zero-order valence-electron chi connectivity index (χ0n) is 14.4. The number of allylic oxidation sites excluding steroid dienone is 1. The van der Waals surface area contributed by atoms with Crippen molar-refractivity contribution in [2.24, 2.45) is 0 Å². The average Bonchev–Trinajstić information content (AvgIpc) is 3.16. The molecule has 1 aliphatic rings. The minimum atomic E-state index is -0.171. The van der Waals surface area contributed by atoms with Gasteiger partial charge in [0.1, 0.15) is 0 Å². The first-order valence-corrected chi connectivity index (χ1v) is 9.22. The number of nitrogens with one attached hydrogen (secondary N) is 1. The monoisotopic (exact) mass is 369 g/mol. The maximum absolute atomic E-state index is 12.3. The van der Waals surface area contributed by atoms with Gasteiger partial charge in [0.2, 0.25) is 5.91 Å². The standard InChI is InChI=1S/C19H19N3O3S/c1-3-4-11-7-12(8-15(25-2)18(11)24)13-9-16(23)20-10-14-17(13)22-5-6-26-19(22)21-14/h3,5-8,13,24H,1,4,9-10H2,2H3,(H,20,23)/t13-/m1/s1. The van der Waals surface area contributed by atoms with Crippen LogP contribution in [0.25, 0.3) is 4.96 Å². The van der Waals surface area contributed by atoms with E-state index in [1.54, 1.807) is 23.5 Å². The van der Waals surface area contributed by atoms with Gasteiger partial charge in [-0.15, -0.1) is 17.9 Å². The normalized spacial score (nSPS) is 16.8. The SMILES string of the molecule is C=CCc1cc([C@H]2CC(=O)NCc3nc4sccn4c32)cc(OC)c1O. The number of rotatable bonds is 4. The van der Waals surface area contributed by atoms with E-state index < -0.39 is 0 Å². The molecule has 1 aromatic carbocycles. The molecule has 1 atom stereocenters. The molecule has 26 heavy (non-hydrogen) atoms. The summed E-state index contributed by atoms with van der Waals surface area (Å²) in [5.41, 5.74) is 3.54. The molecule has 0 unspecified atom stereocenters. The second-order valence-corrected chi connectivity index (χ2v) is 7.13. The molecule has 1 aliphatic heterocycles. The van der Waals surface area contributed by atoms with Crippen LogP contribution in [0.3, 0.4) is 0 Å². The van der Waals surface area contributed by atoms with E-state index in [2.05, 4.69) is 21.3 Å². The third-order valence-corrected chi connectivity index (χ3v) is 5.47. The van der Waals surface area contributed by atoms with E-state index in [1.165, 1.54) is 7.11 Å². The van der Waals surface area contributed by atoms with Gasteiger partial charge in [-0.3, -0.25) is 9.20 Å². The maximum atomic E-state index is 12.3. The average molecular weight is 369 g/mol. The Kier molecular flexibility index (Phi) is 4.16. The number of phenols is 1. The third kappa shape index (κ3) is 2.64. The van der Waals surface area contributed by atoms with Crippen molar-refractivity contribution < 1.29 is 14.6 Å². The number of methoxy groups -OCH3 is 1. The molecule has 6 nitrogen and oxygen atoms in total. The number of ether oxygens (including phenoxy) is 1. The Balaban J connectivity index is 1.92. The van der Waals surface area contributed by atoms with Gasteiger partial charge in [0, 0.05) is 29.5 Å². The van der Waals surface area contributed by atoms with Crippen LogP contribution in [0, 0.1) is 0 Å². The zero-order chi connectivity index (χ0) is 18.3. The summed E-state index contributed by atoms with van der Waals surface area (Å²) in [6.45, 7) is 4.18. The van der Waals surface area contributed by atoms with E-state index in [1.807, 2.05) is 17.6 Å². The predicted octanol–water partition coefficient (Wildman–Crippen LogP) is 2.99. The predicted molar refractivity (Wildman–Crippen MR) is 99.9 cm³/mol. The number of carbonyl (C=O) groups excluding carboxylic acids is 1. The molecule has 0 aliphatic carbocycles. The molecule has 1 amide bonds. The third-order valence-electron chi connectivity index (χ3n) is 4.71. The van der Waals surface area contributed by atoms with Crippen LogP contribution in [0.2, 0.25) is 0 Å². The number of amides is 1. The first kappa shape index (κ1) is 16.7. The molecule has 0 fully saturated rings. The fraction of sp³-hybridized carbons (Fsp3) is 0.263. The van der Waals surface area contributed by atoms with Crippen molar-refractivity contribution in [2.45, 2.75) is 25.3 Å². The number of imidazole rings is 1. The maximum Gasteiger partial charge on any atom is 0.221 e. The highest BCUT2D eigenvalue weighted by molar-refractivity contribution is 7.15. The van der Waals surface area contributed by atoms with Crippen LogP contribution in [-0.2, 0) is 17.8 Å². The fourth-order valence-electron chi connectivity index (χ4n) is 3.52. The highest BCUT2D eigenvalue weighted by atomic mass is 32.1. The number of hydrogen-bond donors (Lipinski definition) is 2. The van der Waals surface area contributed by atoms with E-state index in [0.717, 1.165) is 27.5 Å². The van der Waals surface area contributed by atoms with Gasteiger partial charge in [-0.2, -0.15) is 0 Å². The number of aromatic nitrogens is 2. The van der Waals surface area contributed by atoms with Crippen molar-refractivity contribution in [1.82, 2.24) is 14.7 Å². The Morgan fingerprint density at radius 2 is 2.38 bits per heavy atom. The number of carbonyl (C=O) groups is 1. The van der Waals surface area contributed by atoms with E-state index >= 15 is 0 Å². The van der Waals surface area contributed by atoms with Crippen LogP contribution < -0.4 is 10.1 Å². The molecule has 3 heterocycles. The topological polar surface area (TPSA) is 75.9 Å². The van der Waals surface area contributed by atoms with Crippen LogP contribution >= 0.6 is 11.3 Å². The minimum absolute atomic E-state index is 0.0192. The van der Waals surface area contributed by atoms with Crippen LogP contribution in [0.15, 0.2) is 36.4 Å². The first-order valence-electron chi connectivity index (χ1n) is 8.34. The Hall–Kier alpha value is -2.80. The quantitative estimate of drug-likeness (QED) is 0.693. The van der Waals surface area contributed by atoms with Crippen LogP contribution in [0.5, 0.6) is 11.5 Å². The number of thiazole rings is 1. The van der Waals surface area contributed by atoms with Gasteiger partial charge in [0.25, 0.3) is 0 Å². The molecule has 0 radical (unpaired) electrons. The van der Waals surface area contributed by atoms with Crippen molar-refractivity contribution in [2.75, 3.05) is 7.11 Å². The van der Waals surface area contributed by atoms with E-state index in [0.29, 0.717) is 25.1 Å². The molecular formula is C19H19N3O3S. The molecule has 3 aromatic rings. The van der Waals surface area contributed by atoms with Crippen molar-refractivity contribution in [3.05, 3.63) is 58.9 Å². The summed E-state index contributed by atoms with van der Waals surface area (Å²) in [7, 11) is 1.53. The minimum Gasteiger partial charge on any atom is -0.504 e. The number of phenolic OH excluding ortho intramolecular Hbond substituents is 1. The van der Waals surface area contributed by atoms with Crippen molar-refractivity contribution in [1.29, 1.82) is 0 Å². The van der Waals surface area contributed by atoms with Crippen LogP contribution in [0.1, 0.15) is 34.9 Å². The fourth-order valence-corrected chi connectivity index (χ4v) is 4.26. The Morgan fingerprint density at radius 3 is 3.15 bits per heavy atom. The highest BCUT2D eigenvalue weighted by Crippen LogP contribution is 2.40. The molecule has 134 valence electrons. The number of nitrogens with zero attached hydrogens (tertiary/aromatic N) is 2. The lowest BCUT2D eigenvalue weighted by Crippen LogP contribution is -2.21. The van der Waals surface area contributed by atoms with Crippen molar-refractivity contribution in [3.63, 3.8) is 0 Å². The lowest BCUT2D eigenvalue weighted by Gasteiger charge is -2.18. The number of benzene rings is 1.